The molecule has 1 aromatic rings. The van der Waals surface area contributed by atoms with Gasteiger partial charge in [0.1, 0.15) is 6.10 Å². The molecular weight excluding hydrogens is 156 g/mol. The van der Waals surface area contributed by atoms with Gasteiger partial charge in [-0.05, 0) is 12.1 Å². The predicted molar refractivity (Wildman–Crippen MR) is 43.9 cm³/mol. The van der Waals surface area contributed by atoms with Crippen LogP contribution in [0.15, 0.2) is 18.3 Å². The Hall–Kier alpha value is -1.29. The Kier molecular flexibility index (Phi) is 1.83. The standard InChI is InChI=1S/C8H10N2O2/c9-7-2-1-3-10-8(7)12-6-4-11-5-6/h1-3,6H,4-5,9H2. The number of hydrogen-bond acceptors (Lipinski definition) is 4. The van der Waals surface area contributed by atoms with Crippen LogP contribution in [-0.2, 0) is 4.74 Å². The summed E-state index contributed by atoms with van der Waals surface area (Å²) in [6.07, 6.45) is 1.78. The van der Waals surface area contributed by atoms with Crippen molar-refractivity contribution in [2.75, 3.05) is 18.9 Å². The highest BCUT2D eigenvalue weighted by Gasteiger charge is 2.21. The van der Waals surface area contributed by atoms with E-state index in [4.69, 9.17) is 15.2 Å². The third-order valence-electron chi connectivity index (χ3n) is 1.69. The van der Waals surface area contributed by atoms with E-state index in [1.54, 1.807) is 18.3 Å². The van der Waals surface area contributed by atoms with E-state index >= 15 is 0 Å². The molecule has 1 fully saturated rings. The first-order valence-corrected chi connectivity index (χ1v) is 3.81. The van der Waals surface area contributed by atoms with Crippen LogP contribution >= 0.6 is 0 Å². The molecule has 2 heterocycles. The van der Waals surface area contributed by atoms with Crippen LogP contribution in [0.1, 0.15) is 0 Å². The maximum atomic E-state index is 5.62. The fraction of sp³-hybridized carbons (Fsp3) is 0.375. The zero-order chi connectivity index (χ0) is 8.39. The quantitative estimate of drug-likeness (QED) is 0.692. The molecular formula is C8H10N2O2. The number of rotatable bonds is 2. The number of nitrogens with two attached hydrogens (primary N) is 1. The largest absolute Gasteiger partial charge is 0.468 e. The number of anilines is 1. The molecule has 1 aliphatic rings. The molecule has 1 aromatic heterocycles. The monoisotopic (exact) mass is 166 g/mol. The summed E-state index contributed by atoms with van der Waals surface area (Å²) in [5.41, 5.74) is 6.19. The molecule has 0 saturated carbocycles. The number of pyridine rings is 1. The van der Waals surface area contributed by atoms with Crippen LogP contribution in [0, 0.1) is 0 Å². The van der Waals surface area contributed by atoms with Crippen molar-refractivity contribution in [3.05, 3.63) is 18.3 Å². The fourth-order valence-electron chi connectivity index (χ4n) is 0.942. The van der Waals surface area contributed by atoms with E-state index in [2.05, 4.69) is 4.98 Å². The maximum Gasteiger partial charge on any atom is 0.237 e. The van der Waals surface area contributed by atoms with E-state index in [1.165, 1.54) is 0 Å². The molecule has 12 heavy (non-hydrogen) atoms. The molecule has 1 aliphatic heterocycles. The molecule has 0 amide bonds. The Morgan fingerprint density at radius 2 is 2.42 bits per heavy atom. The molecule has 2 rings (SSSR count). The van der Waals surface area contributed by atoms with Gasteiger partial charge in [-0.1, -0.05) is 0 Å². The summed E-state index contributed by atoms with van der Waals surface area (Å²) < 4.78 is 10.4. The zero-order valence-electron chi connectivity index (χ0n) is 6.56. The van der Waals surface area contributed by atoms with Gasteiger partial charge in [0.25, 0.3) is 0 Å². The maximum absolute atomic E-state index is 5.62. The number of nitrogen functional groups attached to an aromatic ring is 1. The van der Waals surface area contributed by atoms with Crippen molar-refractivity contribution in [2.45, 2.75) is 6.10 Å². The molecule has 0 unspecified atom stereocenters. The van der Waals surface area contributed by atoms with Crippen molar-refractivity contribution in [1.82, 2.24) is 4.98 Å². The van der Waals surface area contributed by atoms with E-state index in [0.717, 1.165) is 0 Å². The highest BCUT2D eigenvalue weighted by atomic mass is 16.6. The van der Waals surface area contributed by atoms with Crippen molar-refractivity contribution in [3.8, 4) is 5.88 Å². The van der Waals surface area contributed by atoms with Crippen molar-refractivity contribution < 1.29 is 9.47 Å². The molecule has 0 spiro atoms. The molecule has 64 valence electrons. The highest BCUT2D eigenvalue weighted by Crippen LogP contribution is 2.19. The SMILES string of the molecule is Nc1cccnc1OC1COC1. The van der Waals surface area contributed by atoms with Crippen LogP contribution in [-0.4, -0.2) is 24.3 Å². The molecule has 0 bridgehead atoms. The molecule has 0 aromatic carbocycles. The summed E-state index contributed by atoms with van der Waals surface area (Å²) >= 11 is 0. The summed E-state index contributed by atoms with van der Waals surface area (Å²) in [5, 5.41) is 0. The molecule has 0 radical (unpaired) electrons. The molecule has 2 N–H and O–H groups in total. The Morgan fingerprint density at radius 3 is 3.00 bits per heavy atom. The number of nitrogens with zero attached hydrogens (tertiary/aromatic N) is 1. The highest BCUT2D eigenvalue weighted by molar-refractivity contribution is 5.46. The summed E-state index contributed by atoms with van der Waals surface area (Å²) in [4.78, 5) is 4.00. The molecule has 0 aliphatic carbocycles. The third kappa shape index (κ3) is 1.33. The van der Waals surface area contributed by atoms with Gasteiger partial charge in [0.15, 0.2) is 0 Å². The van der Waals surface area contributed by atoms with Crippen molar-refractivity contribution in [3.63, 3.8) is 0 Å². The van der Waals surface area contributed by atoms with Crippen LogP contribution < -0.4 is 10.5 Å². The third-order valence-corrected chi connectivity index (χ3v) is 1.69. The van der Waals surface area contributed by atoms with E-state index < -0.39 is 0 Å². The molecule has 0 atom stereocenters. The van der Waals surface area contributed by atoms with Crippen LogP contribution in [0.3, 0.4) is 0 Å². The van der Waals surface area contributed by atoms with Gasteiger partial charge in [-0.15, -0.1) is 0 Å². The molecule has 4 nitrogen and oxygen atoms in total. The van der Waals surface area contributed by atoms with Gasteiger partial charge in [-0.25, -0.2) is 4.98 Å². The number of ether oxygens (including phenoxy) is 2. The molecule has 4 heteroatoms. The minimum Gasteiger partial charge on any atom is -0.468 e. The average Bonchev–Trinajstić information content (AvgIpc) is 2.00. The van der Waals surface area contributed by atoms with E-state index in [1.807, 2.05) is 0 Å². The van der Waals surface area contributed by atoms with Crippen LogP contribution in [0.2, 0.25) is 0 Å². The Morgan fingerprint density at radius 1 is 1.58 bits per heavy atom. The summed E-state index contributed by atoms with van der Waals surface area (Å²) in [5.74, 6) is 0.505. The van der Waals surface area contributed by atoms with E-state index in [0.29, 0.717) is 24.8 Å². The van der Waals surface area contributed by atoms with E-state index in [-0.39, 0.29) is 6.10 Å². The van der Waals surface area contributed by atoms with E-state index in [9.17, 15) is 0 Å². The lowest BCUT2D eigenvalue weighted by Gasteiger charge is -2.26. The van der Waals surface area contributed by atoms with Crippen molar-refractivity contribution >= 4 is 5.69 Å². The smallest absolute Gasteiger partial charge is 0.237 e. The predicted octanol–water partition coefficient (Wildman–Crippen LogP) is 0.441. The van der Waals surface area contributed by atoms with Gasteiger partial charge < -0.3 is 15.2 Å². The lowest BCUT2D eigenvalue weighted by Crippen LogP contribution is -2.38. The van der Waals surface area contributed by atoms with Crippen LogP contribution in [0.4, 0.5) is 5.69 Å². The Labute approximate surface area is 70.3 Å². The summed E-state index contributed by atoms with van der Waals surface area (Å²) in [6.45, 7) is 1.27. The molecule has 1 saturated heterocycles. The first-order valence-electron chi connectivity index (χ1n) is 3.81. The Bertz CT molecular complexity index is 274. The zero-order valence-corrected chi connectivity index (χ0v) is 6.56. The second kappa shape index (κ2) is 2.98. The minimum absolute atomic E-state index is 0.127. The van der Waals surface area contributed by atoms with Gasteiger partial charge >= 0.3 is 0 Å². The van der Waals surface area contributed by atoms with Crippen molar-refractivity contribution in [1.29, 1.82) is 0 Å². The second-order valence-electron chi connectivity index (χ2n) is 2.68. The fourth-order valence-corrected chi connectivity index (χ4v) is 0.942. The normalized spacial score (nSPS) is 17.0. The van der Waals surface area contributed by atoms with Gasteiger partial charge in [0, 0.05) is 6.20 Å². The average molecular weight is 166 g/mol. The number of hydrogen-bond donors (Lipinski definition) is 1. The Balaban J connectivity index is 2.06. The number of aromatic nitrogens is 1. The second-order valence-corrected chi connectivity index (χ2v) is 2.68. The summed E-state index contributed by atoms with van der Waals surface area (Å²) in [7, 11) is 0. The minimum atomic E-state index is 0.127. The van der Waals surface area contributed by atoms with Gasteiger partial charge in [-0.3, -0.25) is 0 Å². The summed E-state index contributed by atoms with van der Waals surface area (Å²) in [6, 6.07) is 3.54. The van der Waals surface area contributed by atoms with Crippen LogP contribution in [0.5, 0.6) is 5.88 Å². The first kappa shape index (κ1) is 7.36. The lowest BCUT2D eigenvalue weighted by molar-refractivity contribution is -0.0810. The van der Waals surface area contributed by atoms with Gasteiger partial charge in [-0.2, -0.15) is 0 Å². The van der Waals surface area contributed by atoms with Crippen molar-refractivity contribution in [2.24, 2.45) is 0 Å². The lowest BCUT2D eigenvalue weighted by atomic mass is 10.3. The van der Waals surface area contributed by atoms with Crippen LogP contribution in [0.25, 0.3) is 0 Å². The van der Waals surface area contributed by atoms with Gasteiger partial charge in [0.2, 0.25) is 5.88 Å². The first-order chi connectivity index (χ1) is 5.86. The van der Waals surface area contributed by atoms with Gasteiger partial charge in [0.05, 0.1) is 18.9 Å². The topological polar surface area (TPSA) is 57.4 Å².